The molecule has 0 atom stereocenters. The van der Waals surface area contributed by atoms with Crippen molar-refractivity contribution >= 4 is 5.96 Å². The van der Waals surface area contributed by atoms with Crippen LogP contribution in [0.2, 0.25) is 0 Å². The van der Waals surface area contributed by atoms with Crippen LogP contribution in [0.3, 0.4) is 0 Å². The molecular formula is C19H21F4N3O2. The van der Waals surface area contributed by atoms with Gasteiger partial charge in [-0.3, -0.25) is 4.99 Å². The number of methoxy groups -OCH3 is 2. The molecular weight excluding hydrogens is 378 g/mol. The Balaban J connectivity index is 2.03. The Hall–Kier alpha value is -2.97. The van der Waals surface area contributed by atoms with Gasteiger partial charge in [0.25, 0.3) is 0 Å². The molecule has 0 bridgehead atoms. The molecule has 2 rings (SSSR count). The van der Waals surface area contributed by atoms with E-state index in [1.807, 2.05) is 6.07 Å². The van der Waals surface area contributed by atoms with E-state index in [4.69, 9.17) is 9.47 Å². The topological polar surface area (TPSA) is 54.9 Å². The van der Waals surface area contributed by atoms with Gasteiger partial charge in [-0.1, -0.05) is 12.1 Å². The molecule has 2 N–H and O–H groups in total. The van der Waals surface area contributed by atoms with Gasteiger partial charge in [-0.15, -0.1) is 0 Å². The number of alkyl halides is 3. The quantitative estimate of drug-likeness (QED) is 0.442. The molecule has 0 aliphatic rings. The molecule has 2 aromatic carbocycles. The monoisotopic (exact) mass is 399 g/mol. The van der Waals surface area contributed by atoms with Crippen molar-refractivity contribution in [2.24, 2.45) is 4.99 Å². The van der Waals surface area contributed by atoms with Gasteiger partial charge < -0.3 is 20.1 Å². The first-order valence-electron chi connectivity index (χ1n) is 8.29. The Morgan fingerprint density at radius 2 is 1.64 bits per heavy atom. The number of rotatable bonds is 6. The summed E-state index contributed by atoms with van der Waals surface area (Å²) in [6, 6.07) is 7.93. The number of halogens is 4. The summed E-state index contributed by atoms with van der Waals surface area (Å²) >= 11 is 0. The number of hydrogen-bond donors (Lipinski definition) is 2. The van der Waals surface area contributed by atoms with Gasteiger partial charge >= 0.3 is 6.18 Å². The highest BCUT2D eigenvalue weighted by atomic mass is 19.4. The van der Waals surface area contributed by atoms with Gasteiger partial charge in [0.1, 0.15) is 5.82 Å². The van der Waals surface area contributed by atoms with Gasteiger partial charge in [0, 0.05) is 20.1 Å². The van der Waals surface area contributed by atoms with Crippen LogP contribution in [-0.2, 0) is 19.3 Å². The molecule has 0 radical (unpaired) electrons. The van der Waals surface area contributed by atoms with Crippen LogP contribution in [0.1, 0.15) is 16.7 Å². The van der Waals surface area contributed by atoms with Crippen molar-refractivity contribution in [1.29, 1.82) is 0 Å². The molecule has 152 valence electrons. The SMILES string of the molecule is CN=C(NCc1ccc(OC)c(OC)c1)NCc1ccc(F)cc1C(F)(F)F. The Labute approximate surface area is 160 Å². The van der Waals surface area contributed by atoms with E-state index in [2.05, 4.69) is 15.6 Å². The average molecular weight is 399 g/mol. The van der Waals surface area contributed by atoms with Gasteiger partial charge in [-0.25, -0.2) is 4.39 Å². The van der Waals surface area contributed by atoms with Crippen LogP contribution in [0.4, 0.5) is 17.6 Å². The number of benzene rings is 2. The highest BCUT2D eigenvalue weighted by molar-refractivity contribution is 5.79. The van der Waals surface area contributed by atoms with Gasteiger partial charge in [0.2, 0.25) is 0 Å². The fraction of sp³-hybridized carbons (Fsp3) is 0.316. The minimum absolute atomic E-state index is 0.0806. The standard InChI is InChI=1S/C19H21F4N3O2/c1-24-18(25-10-12-4-7-16(27-2)17(8-12)28-3)26-11-13-5-6-14(20)9-15(13)19(21,22)23/h4-9H,10-11H2,1-3H3,(H2,24,25,26). The summed E-state index contributed by atoms with van der Waals surface area (Å²) < 4.78 is 62.8. The first-order valence-corrected chi connectivity index (χ1v) is 8.29. The van der Waals surface area contributed by atoms with Gasteiger partial charge in [0.15, 0.2) is 17.5 Å². The van der Waals surface area contributed by atoms with Crippen LogP contribution < -0.4 is 20.1 Å². The Bertz CT molecular complexity index is 838. The predicted molar refractivity (Wildman–Crippen MR) is 98.0 cm³/mol. The lowest BCUT2D eigenvalue weighted by atomic mass is 10.1. The summed E-state index contributed by atoms with van der Waals surface area (Å²) in [5.74, 6) is 0.509. The number of nitrogens with one attached hydrogen (secondary N) is 2. The second-order valence-corrected chi connectivity index (χ2v) is 5.77. The molecule has 0 aromatic heterocycles. The molecule has 0 unspecified atom stereocenters. The summed E-state index contributed by atoms with van der Waals surface area (Å²) in [5.41, 5.74) is -0.239. The van der Waals surface area contributed by atoms with Crippen LogP contribution in [0.15, 0.2) is 41.4 Å². The van der Waals surface area contributed by atoms with E-state index >= 15 is 0 Å². The van der Waals surface area contributed by atoms with Gasteiger partial charge in [-0.2, -0.15) is 13.2 Å². The van der Waals surface area contributed by atoms with E-state index in [1.165, 1.54) is 21.3 Å². The van der Waals surface area contributed by atoms with E-state index in [1.54, 1.807) is 12.1 Å². The third-order valence-corrected chi connectivity index (χ3v) is 3.96. The highest BCUT2D eigenvalue weighted by Crippen LogP contribution is 2.32. The Kier molecular flexibility index (Phi) is 7.08. The van der Waals surface area contributed by atoms with Crippen LogP contribution in [0.5, 0.6) is 11.5 Å². The third-order valence-electron chi connectivity index (χ3n) is 3.96. The van der Waals surface area contributed by atoms with E-state index in [-0.39, 0.29) is 12.1 Å². The van der Waals surface area contributed by atoms with Crippen molar-refractivity contribution in [3.8, 4) is 11.5 Å². The molecule has 0 aliphatic carbocycles. The Morgan fingerprint density at radius 1 is 0.964 bits per heavy atom. The number of guanidine groups is 1. The first kappa shape index (κ1) is 21.3. The average Bonchev–Trinajstić information content (AvgIpc) is 2.67. The second kappa shape index (κ2) is 9.29. The number of nitrogens with zero attached hydrogens (tertiary/aromatic N) is 1. The van der Waals surface area contributed by atoms with E-state index in [0.717, 1.165) is 17.7 Å². The summed E-state index contributed by atoms with van der Waals surface area (Å²) in [6.07, 6.45) is -4.64. The lowest BCUT2D eigenvalue weighted by Crippen LogP contribution is -2.36. The fourth-order valence-electron chi connectivity index (χ4n) is 2.54. The molecule has 28 heavy (non-hydrogen) atoms. The minimum atomic E-state index is -4.64. The summed E-state index contributed by atoms with van der Waals surface area (Å²) in [6.45, 7) is 0.191. The lowest BCUT2D eigenvalue weighted by Gasteiger charge is -2.16. The number of aliphatic imine (C=N–C) groups is 1. The third kappa shape index (κ3) is 5.51. The molecule has 0 saturated carbocycles. The normalized spacial score (nSPS) is 11.9. The van der Waals surface area contributed by atoms with Gasteiger partial charge in [0.05, 0.1) is 19.8 Å². The van der Waals surface area contributed by atoms with Crippen molar-refractivity contribution in [1.82, 2.24) is 10.6 Å². The van der Waals surface area contributed by atoms with Gasteiger partial charge in [-0.05, 0) is 35.4 Å². The van der Waals surface area contributed by atoms with E-state index in [9.17, 15) is 17.6 Å². The summed E-state index contributed by atoms with van der Waals surface area (Å²) in [7, 11) is 4.56. The molecule has 0 saturated heterocycles. The van der Waals surface area contributed by atoms with E-state index < -0.39 is 17.6 Å². The molecule has 0 spiro atoms. The van der Waals surface area contributed by atoms with Crippen LogP contribution in [0.25, 0.3) is 0 Å². The predicted octanol–water partition coefficient (Wildman–Crippen LogP) is 3.73. The lowest BCUT2D eigenvalue weighted by molar-refractivity contribution is -0.138. The zero-order chi connectivity index (χ0) is 20.7. The molecule has 9 heteroatoms. The Morgan fingerprint density at radius 3 is 2.25 bits per heavy atom. The summed E-state index contributed by atoms with van der Waals surface area (Å²) in [4.78, 5) is 3.99. The molecule has 0 amide bonds. The molecule has 0 aliphatic heterocycles. The number of hydrogen-bond acceptors (Lipinski definition) is 3. The molecule has 0 fully saturated rings. The largest absolute Gasteiger partial charge is 0.493 e. The maximum atomic E-state index is 13.2. The van der Waals surface area contributed by atoms with Crippen molar-refractivity contribution in [3.63, 3.8) is 0 Å². The molecule has 2 aromatic rings. The molecule has 0 heterocycles. The van der Waals surface area contributed by atoms with Crippen molar-refractivity contribution < 1.29 is 27.0 Å². The van der Waals surface area contributed by atoms with Crippen molar-refractivity contribution in [3.05, 3.63) is 58.9 Å². The second-order valence-electron chi connectivity index (χ2n) is 5.77. The maximum absolute atomic E-state index is 13.2. The smallest absolute Gasteiger partial charge is 0.416 e. The minimum Gasteiger partial charge on any atom is -0.493 e. The maximum Gasteiger partial charge on any atom is 0.416 e. The van der Waals surface area contributed by atoms with Crippen LogP contribution >= 0.6 is 0 Å². The first-order chi connectivity index (χ1) is 13.3. The zero-order valence-corrected chi connectivity index (χ0v) is 15.7. The molecule has 5 nitrogen and oxygen atoms in total. The zero-order valence-electron chi connectivity index (χ0n) is 15.7. The highest BCUT2D eigenvalue weighted by Gasteiger charge is 2.33. The fourth-order valence-corrected chi connectivity index (χ4v) is 2.54. The number of ether oxygens (including phenoxy) is 2. The van der Waals surface area contributed by atoms with Crippen molar-refractivity contribution in [2.75, 3.05) is 21.3 Å². The van der Waals surface area contributed by atoms with Crippen LogP contribution in [-0.4, -0.2) is 27.2 Å². The van der Waals surface area contributed by atoms with Crippen molar-refractivity contribution in [2.45, 2.75) is 19.3 Å². The summed E-state index contributed by atoms with van der Waals surface area (Å²) in [5, 5.41) is 5.80. The van der Waals surface area contributed by atoms with E-state index in [0.29, 0.717) is 30.1 Å². The van der Waals surface area contributed by atoms with Crippen LogP contribution in [0, 0.1) is 5.82 Å².